The number of ether oxygens (including phenoxy) is 2. The maximum absolute atomic E-state index is 11.2. The van der Waals surface area contributed by atoms with Crippen molar-refractivity contribution in [1.82, 2.24) is 0 Å². The van der Waals surface area contributed by atoms with E-state index in [9.17, 15) is 20.1 Å². The lowest BCUT2D eigenvalue weighted by atomic mass is 9.99. The number of aryl methyl sites for hydroxylation is 1. The monoisotopic (exact) mass is 288 g/mol. The van der Waals surface area contributed by atoms with Gasteiger partial charge in [0.25, 0.3) is 0 Å². The van der Waals surface area contributed by atoms with Gasteiger partial charge in [-0.2, -0.15) is 0 Å². The fraction of sp³-hybridized carbons (Fsp3) is 0.583. The van der Waals surface area contributed by atoms with Crippen molar-refractivity contribution in [2.75, 3.05) is 6.61 Å². The van der Waals surface area contributed by atoms with Gasteiger partial charge in [-0.3, -0.25) is 0 Å². The predicted molar refractivity (Wildman–Crippen MR) is 64.1 cm³/mol. The summed E-state index contributed by atoms with van der Waals surface area (Å²) in [6.45, 7) is 0.988. The fourth-order valence-corrected chi connectivity index (χ4v) is 1.94. The van der Waals surface area contributed by atoms with Gasteiger partial charge in [-0.1, -0.05) is 0 Å². The summed E-state index contributed by atoms with van der Waals surface area (Å²) in [6, 6.07) is 2.46. The van der Waals surface area contributed by atoms with E-state index in [2.05, 4.69) is 0 Å². The second-order valence-electron chi connectivity index (χ2n) is 4.54. The summed E-state index contributed by atoms with van der Waals surface area (Å²) in [7, 11) is 0. The Balaban J connectivity index is 2.17. The number of hydrogen-bond acceptors (Lipinski definition) is 8. The van der Waals surface area contributed by atoms with Crippen molar-refractivity contribution in [2.24, 2.45) is 0 Å². The fourth-order valence-electron chi connectivity index (χ4n) is 1.94. The molecule has 0 radical (unpaired) electrons. The van der Waals surface area contributed by atoms with Gasteiger partial charge in [-0.15, -0.1) is 0 Å². The van der Waals surface area contributed by atoms with Crippen LogP contribution in [0.25, 0.3) is 0 Å². The third-order valence-corrected chi connectivity index (χ3v) is 2.97. The Morgan fingerprint density at radius 2 is 1.90 bits per heavy atom. The highest BCUT2D eigenvalue weighted by molar-refractivity contribution is 5.20. The molecule has 1 aliphatic heterocycles. The molecular formula is C12H16O8. The van der Waals surface area contributed by atoms with E-state index in [0.717, 1.165) is 6.07 Å². The minimum Gasteiger partial charge on any atom is -0.462 e. The Kier molecular flexibility index (Phi) is 4.41. The third kappa shape index (κ3) is 3.00. The van der Waals surface area contributed by atoms with Crippen LogP contribution < -0.4 is 10.4 Å². The number of aliphatic hydroxyl groups is 4. The summed E-state index contributed by atoms with van der Waals surface area (Å²) in [5.41, 5.74) is -0.635. The van der Waals surface area contributed by atoms with Crippen molar-refractivity contribution in [3.8, 4) is 5.75 Å². The number of aliphatic hydroxyl groups excluding tert-OH is 4. The molecule has 112 valence electrons. The molecule has 1 aliphatic rings. The molecule has 1 aromatic rings. The van der Waals surface area contributed by atoms with Crippen molar-refractivity contribution in [3.05, 3.63) is 28.3 Å². The first kappa shape index (κ1) is 14.9. The Morgan fingerprint density at radius 3 is 2.50 bits per heavy atom. The minimum atomic E-state index is -1.54. The van der Waals surface area contributed by atoms with Crippen LogP contribution in [0.1, 0.15) is 5.76 Å². The highest BCUT2D eigenvalue weighted by atomic mass is 16.7. The van der Waals surface area contributed by atoms with Gasteiger partial charge in [0.15, 0.2) is 0 Å². The highest BCUT2D eigenvalue weighted by Crippen LogP contribution is 2.23. The molecule has 0 aromatic carbocycles. The van der Waals surface area contributed by atoms with Crippen LogP contribution in [0.15, 0.2) is 21.3 Å². The summed E-state index contributed by atoms with van der Waals surface area (Å²) < 4.78 is 15.2. The smallest absolute Gasteiger partial charge is 0.339 e. The van der Waals surface area contributed by atoms with Gasteiger partial charge in [-0.05, 0) is 6.92 Å². The quantitative estimate of drug-likeness (QED) is 0.509. The van der Waals surface area contributed by atoms with Crippen LogP contribution >= 0.6 is 0 Å². The molecule has 1 fully saturated rings. The van der Waals surface area contributed by atoms with Gasteiger partial charge >= 0.3 is 5.63 Å². The third-order valence-electron chi connectivity index (χ3n) is 2.97. The van der Waals surface area contributed by atoms with Crippen molar-refractivity contribution >= 4 is 0 Å². The molecule has 20 heavy (non-hydrogen) atoms. The van der Waals surface area contributed by atoms with Gasteiger partial charge in [-0.25, -0.2) is 4.79 Å². The zero-order valence-corrected chi connectivity index (χ0v) is 10.7. The van der Waals surface area contributed by atoms with Crippen LogP contribution in [0.4, 0.5) is 0 Å². The number of rotatable bonds is 3. The van der Waals surface area contributed by atoms with E-state index in [0.29, 0.717) is 5.76 Å². The molecule has 2 rings (SSSR count). The molecule has 0 saturated carbocycles. The standard InChI is InChI=1S/C12H16O8/c1-5-2-6(3-8(14)18-5)19-12-11(17)10(16)9(15)7(4-13)20-12/h2-3,7,9-13,15-17H,4H2,1H3/t7-,9-,10+,11-,12-/m1/s1. The van der Waals surface area contributed by atoms with E-state index < -0.39 is 42.9 Å². The largest absolute Gasteiger partial charge is 0.462 e. The average Bonchev–Trinajstić information content (AvgIpc) is 2.38. The van der Waals surface area contributed by atoms with E-state index in [1.54, 1.807) is 6.92 Å². The minimum absolute atomic E-state index is 0.0862. The molecule has 2 heterocycles. The van der Waals surface area contributed by atoms with Crippen molar-refractivity contribution in [3.63, 3.8) is 0 Å². The van der Waals surface area contributed by atoms with Gasteiger partial charge in [0.1, 0.15) is 35.9 Å². The second kappa shape index (κ2) is 5.90. The normalized spacial score (nSPS) is 34.0. The topological polar surface area (TPSA) is 130 Å². The summed E-state index contributed by atoms with van der Waals surface area (Å²) in [5, 5.41) is 38.0. The summed E-state index contributed by atoms with van der Waals surface area (Å²) in [4.78, 5) is 11.2. The first-order chi connectivity index (χ1) is 9.42. The van der Waals surface area contributed by atoms with Crippen molar-refractivity contribution < 1.29 is 34.3 Å². The van der Waals surface area contributed by atoms with Gasteiger partial charge < -0.3 is 34.3 Å². The Bertz CT molecular complexity index is 510. The first-order valence-corrected chi connectivity index (χ1v) is 6.01. The van der Waals surface area contributed by atoms with Crippen LogP contribution in [0.2, 0.25) is 0 Å². The van der Waals surface area contributed by atoms with E-state index in [1.165, 1.54) is 6.07 Å². The molecule has 0 amide bonds. The van der Waals surface area contributed by atoms with E-state index >= 15 is 0 Å². The molecule has 0 spiro atoms. The second-order valence-corrected chi connectivity index (χ2v) is 4.54. The van der Waals surface area contributed by atoms with Crippen LogP contribution in [0.3, 0.4) is 0 Å². The van der Waals surface area contributed by atoms with Crippen molar-refractivity contribution in [1.29, 1.82) is 0 Å². The molecule has 0 unspecified atom stereocenters. The summed E-state index contributed by atoms with van der Waals surface area (Å²) >= 11 is 0. The van der Waals surface area contributed by atoms with Gasteiger partial charge in [0, 0.05) is 6.07 Å². The lowest BCUT2D eigenvalue weighted by Gasteiger charge is -2.39. The lowest BCUT2D eigenvalue weighted by Crippen LogP contribution is -2.60. The SMILES string of the molecule is Cc1cc(O[C@@H]2O[C@H](CO)[C@@H](O)[C@H](O)[C@H]2O)cc(=O)o1. The Morgan fingerprint density at radius 1 is 1.20 bits per heavy atom. The van der Waals surface area contributed by atoms with Crippen LogP contribution in [-0.4, -0.2) is 57.7 Å². The molecular weight excluding hydrogens is 272 g/mol. The number of hydrogen-bond donors (Lipinski definition) is 4. The lowest BCUT2D eigenvalue weighted by molar-refractivity contribution is -0.277. The van der Waals surface area contributed by atoms with Gasteiger partial charge in [0.05, 0.1) is 12.7 Å². The summed E-state index contributed by atoms with van der Waals surface area (Å²) in [6.07, 6.45) is -6.92. The molecule has 8 nitrogen and oxygen atoms in total. The van der Waals surface area contributed by atoms with E-state index in [1.807, 2.05) is 0 Å². The average molecular weight is 288 g/mol. The van der Waals surface area contributed by atoms with Crippen molar-refractivity contribution in [2.45, 2.75) is 37.6 Å². The first-order valence-electron chi connectivity index (χ1n) is 6.01. The zero-order valence-electron chi connectivity index (χ0n) is 10.7. The van der Waals surface area contributed by atoms with E-state index in [-0.39, 0.29) is 5.75 Å². The zero-order chi connectivity index (χ0) is 14.9. The van der Waals surface area contributed by atoms with Crippen LogP contribution in [0.5, 0.6) is 5.75 Å². The molecule has 1 saturated heterocycles. The molecule has 8 heteroatoms. The highest BCUT2D eigenvalue weighted by Gasteiger charge is 2.44. The Labute approximate surface area is 113 Å². The van der Waals surface area contributed by atoms with E-state index in [4.69, 9.17) is 19.0 Å². The maximum atomic E-state index is 11.2. The predicted octanol–water partition coefficient (Wildman–Crippen LogP) is -1.87. The van der Waals surface area contributed by atoms with Gasteiger partial charge in [0.2, 0.25) is 6.29 Å². The molecule has 0 bridgehead atoms. The Hall–Kier alpha value is -1.45. The maximum Gasteiger partial charge on any atom is 0.339 e. The molecule has 4 N–H and O–H groups in total. The van der Waals surface area contributed by atoms with Crippen LogP contribution in [-0.2, 0) is 4.74 Å². The molecule has 5 atom stereocenters. The molecule has 1 aromatic heterocycles. The van der Waals surface area contributed by atoms with Crippen LogP contribution in [0, 0.1) is 6.92 Å². The summed E-state index contributed by atoms with van der Waals surface area (Å²) in [5.74, 6) is 0.389. The molecule has 0 aliphatic carbocycles.